The van der Waals surface area contributed by atoms with Gasteiger partial charge >= 0.3 is 6.18 Å². The van der Waals surface area contributed by atoms with Gasteiger partial charge in [0.15, 0.2) is 0 Å². The van der Waals surface area contributed by atoms with Crippen LogP contribution in [0.25, 0.3) is 22.0 Å². The number of nitrogens with zero attached hydrogens (tertiary/aromatic N) is 2. The van der Waals surface area contributed by atoms with Crippen LogP contribution in [-0.2, 0) is 5.41 Å². The van der Waals surface area contributed by atoms with E-state index in [0.717, 1.165) is 10.8 Å². The van der Waals surface area contributed by atoms with Crippen molar-refractivity contribution >= 4 is 16.7 Å². The molecule has 1 aliphatic rings. The van der Waals surface area contributed by atoms with E-state index in [1.807, 2.05) is 19.1 Å². The second-order valence-corrected chi connectivity index (χ2v) is 10.00. The first-order valence-electron chi connectivity index (χ1n) is 12.4. The van der Waals surface area contributed by atoms with Crippen LogP contribution in [0, 0.1) is 5.82 Å². The fraction of sp³-hybridized carbons (Fsp3) is 0.276. The van der Waals surface area contributed by atoms with Crippen molar-refractivity contribution in [3.63, 3.8) is 0 Å². The van der Waals surface area contributed by atoms with Crippen molar-refractivity contribution in [3.8, 4) is 17.0 Å². The summed E-state index contributed by atoms with van der Waals surface area (Å²) in [6.07, 6.45) is -3.24. The molecule has 0 saturated carbocycles. The Bertz CT molecular complexity index is 1540. The van der Waals surface area contributed by atoms with Gasteiger partial charge in [-0.25, -0.2) is 9.37 Å². The Morgan fingerprint density at radius 3 is 2.49 bits per heavy atom. The molecule has 10 heteroatoms. The topological polar surface area (TPSA) is 90.1 Å². The zero-order chi connectivity index (χ0) is 27.9. The Kier molecular flexibility index (Phi) is 6.76. The van der Waals surface area contributed by atoms with Crippen molar-refractivity contribution in [2.24, 2.45) is 5.73 Å². The summed E-state index contributed by atoms with van der Waals surface area (Å²) in [7, 11) is 0. The summed E-state index contributed by atoms with van der Waals surface area (Å²) in [6.45, 7) is 2.97. The number of ether oxygens (including phenoxy) is 1. The summed E-state index contributed by atoms with van der Waals surface area (Å²) >= 11 is 0. The van der Waals surface area contributed by atoms with Gasteiger partial charge in [-0.15, -0.1) is 0 Å². The van der Waals surface area contributed by atoms with Crippen LogP contribution >= 0.6 is 0 Å². The molecular weight excluding hydrogens is 512 g/mol. The second-order valence-electron chi connectivity index (χ2n) is 10.00. The lowest BCUT2D eigenvalue weighted by Gasteiger charge is -2.28. The molecule has 2 aromatic heterocycles. The van der Waals surface area contributed by atoms with Crippen LogP contribution in [0.4, 0.5) is 17.6 Å². The summed E-state index contributed by atoms with van der Waals surface area (Å²) in [5.41, 5.74) is 6.19. The lowest BCUT2D eigenvalue weighted by molar-refractivity contribution is -0.149. The number of alkyl halides is 3. The van der Waals surface area contributed by atoms with Crippen LogP contribution in [-0.4, -0.2) is 41.2 Å². The Morgan fingerprint density at radius 1 is 1.13 bits per heavy atom. The van der Waals surface area contributed by atoms with E-state index in [-0.39, 0.29) is 23.7 Å². The van der Waals surface area contributed by atoms with Gasteiger partial charge in [0.25, 0.3) is 5.91 Å². The van der Waals surface area contributed by atoms with Gasteiger partial charge in [0.05, 0.1) is 12.3 Å². The number of hydrogen-bond acceptors (Lipinski definition) is 5. The zero-order valence-electron chi connectivity index (χ0n) is 21.2. The van der Waals surface area contributed by atoms with Crippen LogP contribution in [0.1, 0.15) is 41.5 Å². The smallest absolute Gasteiger partial charge is 0.398 e. The maximum atomic E-state index is 14.4. The lowest BCUT2D eigenvalue weighted by Crippen LogP contribution is -2.42. The van der Waals surface area contributed by atoms with Gasteiger partial charge in [0.1, 0.15) is 28.9 Å². The Balaban J connectivity index is 1.53. The van der Waals surface area contributed by atoms with Gasteiger partial charge in [-0.1, -0.05) is 31.2 Å². The number of nitrogens with two attached hydrogens (primary N) is 1. The maximum Gasteiger partial charge on any atom is 0.398 e. The third-order valence-electron chi connectivity index (χ3n) is 7.33. The number of fused-ring (bicyclic) bond motifs is 2. The first kappa shape index (κ1) is 26.6. The summed E-state index contributed by atoms with van der Waals surface area (Å²) in [4.78, 5) is 21.3. The minimum Gasteiger partial charge on any atom is -0.490 e. The van der Waals surface area contributed by atoms with Crippen LogP contribution in [0.2, 0.25) is 0 Å². The van der Waals surface area contributed by atoms with E-state index in [1.165, 1.54) is 42.6 Å². The number of aromatic nitrogens is 2. The molecular formula is C29H26F4N4O2. The van der Waals surface area contributed by atoms with E-state index >= 15 is 0 Å². The van der Waals surface area contributed by atoms with E-state index in [9.17, 15) is 22.4 Å². The second kappa shape index (κ2) is 9.92. The molecule has 0 radical (unpaired) electrons. The number of hydrogen-bond donors (Lipinski definition) is 2. The molecule has 0 fully saturated rings. The van der Waals surface area contributed by atoms with Gasteiger partial charge in [0.2, 0.25) is 0 Å². The number of halogens is 4. The number of nitrogens with one attached hydrogen (secondary N) is 1. The van der Waals surface area contributed by atoms with Crippen LogP contribution in [0.5, 0.6) is 5.75 Å². The fourth-order valence-electron chi connectivity index (χ4n) is 4.66. The summed E-state index contributed by atoms with van der Waals surface area (Å²) < 4.78 is 62.9. The number of amides is 1. The van der Waals surface area contributed by atoms with Crippen molar-refractivity contribution < 1.29 is 27.1 Å². The molecule has 1 unspecified atom stereocenters. The molecule has 1 amide bonds. The first-order chi connectivity index (χ1) is 18.5. The third-order valence-corrected chi connectivity index (χ3v) is 7.33. The summed E-state index contributed by atoms with van der Waals surface area (Å²) in [5, 5.41) is 3.92. The summed E-state index contributed by atoms with van der Waals surface area (Å²) in [5.74, 6) is -3.05. The maximum absolute atomic E-state index is 14.4. The molecule has 4 aromatic rings. The van der Waals surface area contributed by atoms with Crippen molar-refractivity contribution in [2.45, 2.75) is 37.4 Å². The molecule has 2 aromatic carbocycles. The first-order valence-corrected chi connectivity index (χ1v) is 12.4. The lowest BCUT2D eigenvalue weighted by atomic mass is 9.78. The average molecular weight is 539 g/mol. The molecule has 5 rings (SSSR count). The Hall–Kier alpha value is -4.05. The highest BCUT2D eigenvalue weighted by Crippen LogP contribution is 2.47. The van der Waals surface area contributed by atoms with Crippen LogP contribution in [0.3, 0.4) is 0 Å². The molecule has 3 N–H and O–H groups in total. The standard InChI is InChI=1S/C29H26F4N4O2/c1-16(34)28(2)15-39-26-21(28)12-23(37-25(26)17-7-9-20(30)10-8-17)22(29(31,32)33)14-36-27(38)24-11-18-5-3-4-6-19(18)13-35-24/h3-13,16,22H,14-15,34H2,1-2H3,(H,36,38)/t16?,22-,28-/m1/s1. The molecule has 3 heterocycles. The van der Waals surface area contributed by atoms with Crippen molar-refractivity contribution in [3.05, 3.63) is 89.6 Å². The molecule has 0 saturated heterocycles. The molecule has 0 spiro atoms. The van der Waals surface area contributed by atoms with Gasteiger partial charge in [-0.3, -0.25) is 9.78 Å². The number of benzene rings is 2. The number of pyridine rings is 2. The van der Waals surface area contributed by atoms with E-state index < -0.39 is 41.8 Å². The van der Waals surface area contributed by atoms with Crippen molar-refractivity contribution in [1.82, 2.24) is 15.3 Å². The van der Waals surface area contributed by atoms with Gasteiger partial charge in [-0.05, 0) is 48.7 Å². The van der Waals surface area contributed by atoms with Crippen molar-refractivity contribution in [1.29, 1.82) is 0 Å². The van der Waals surface area contributed by atoms with E-state index in [4.69, 9.17) is 10.5 Å². The average Bonchev–Trinajstić information content (AvgIpc) is 3.25. The SMILES string of the molecule is CC(N)[C@@]1(C)COc2c1cc([C@@H](CNC(=O)c1cc3ccccc3cn1)C(F)(F)F)nc2-c1ccc(F)cc1. The van der Waals surface area contributed by atoms with Crippen LogP contribution in [0.15, 0.2) is 66.9 Å². The third kappa shape index (κ3) is 5.04. The van der Waals surface area contributed by atoms with E-state index in [2.05, 4.69) is 15.3 Å². The Labute approximate surface area is 222 Å². The quantitative estimate of drug-likeness (QED) is 0.316. The molecule has 39 heavy (non-hydrogen) atoms. The highest BCUT2D eigenvalue weighted by Gasteiger charge is 2.46. The van der Waals surface area contributed by atoms with Gasteiger partial charge in [-0.2, -0.15) is 13.2 Å². The summed E-state index contributed by atoms with van der Waals surface area (Å²) in [6, 6.07) is 14.9. The monoisotopic (exact) mass is 538 g/mol. The minimum atomic E-state index is -4.74. The fourth-order valence-corrected chi connectivity index (χ4v) is 4.66. The number of carbonyl (C=O) groups is 1. The van der Waals surface area contributed by atoms with Crippen molar-refractivity contribution in [2.75, 3.05) is 13.2 Å². The number of carbonyl (C=O) groups excluding carboxylic acids is 1. The van der Waals surface area contributed by atoms with Crippen LogP contribution < -0.4 is 15.8 Å². The predicted molar refractivity (Wildman–Crippen MR) is 139 cm³/mol. The van der Waals surface area contributed by atoms with Gasteiger partial charge in [0, 0.05) is 40.7 Å². The molecule has 6 nitrogen and oxygen atoms in total. The largest absolute Gasteiger partial charge is 0.490 e. The molecule has 0 aliphatic carbocycles. The minimum absolute atomic E-state index is 0.00136. The van der Waals surface area contributed by atoms with E-state index in [1.54, 1.807) is 19.1 Å². The van der Waals surface area contributed by atoms with E-state index in [0.29, 0.717) is 16.9 Å². The highest BCUT2D eigenvalue weighted by atomic mass is 19.4. The van der Waals surface area contributed by atoms with Gasteiger partial charge < -0.3 is 15.8 Å². The zero-order valence-corrected chi connectivity index (χ0v) is 21.2. The molecule has 1 aliphatic heterocycles. The highest BCUT2D eigenvalue weighted by molar-refractivity contribution is 5.96. The molecule has 3 atom stereocenters. The normalized spacial score (nSPS) is 18.3. The molecule has 0 bridgehead atoms. The Morgan fingerprint density at radius 2 is 1.82 bits per heavy atom. The predicted octanol–water partition coefficient (Wildman–Crippen LogP) is 5.51. The number of rotatable bonds is 6. The molecule has 202 valence electrons.